The zero-order valence-electron chi connectivity index (χ0n) is 20.0. The molecule has 0 aliphatic heterocycles. The standard InChI is InChI=1S/C25H21N3O3S.C2HF3O2/c29-25(24(19-9-3-1-4-10-19)20-11-5-2-6-12-20)27-21-14-16-22(17-15-21)32(30,31)28-23-13-7-8-18-26-23;3-2(4,5)1(6)7/h1-18,24H,(H,26,28)(H,27,29);(H,6,7). The van der Waals surface area contributed by atoms with Crippen molar-refractivity contribution >= 4 is 33.4 Å². The summed E-state index contributed by atoms with van der Waals surface area (Å²) >= 11 is 0. The third kappa shape index (κ3) is 8.40. The monoisotopic (exact) mass is 557 g/mol. The smallest absolute Gasteiger partial charge is 0.475 e. The Morgan fingerprint density at radius 2 is 1.26 bits per heavy atom. The largest absolute Gasteiger partial charge is 0.490 e. The summed E-state index contributed by atoms with van der Waals surface area (Å²) in [4.78, 5) is 26.1. The van der Waals surface area contributed by atoms with Gasteiger partial charge >= 0.3 is 12.1 Å². The number of halogens is 3. The van der Waals surface area contributed by atoms with Gasteiger partial charge in [0.15, 0.2) is 0 Å². The average molecular weight is 558 g/mol. The molecule has 1 aromatic heterocycles. The number of benzene rings is 3. The van der Waals surface area contributed by atoms with Crippen LogP contribution in [0.2, 0.25) is 0 Å². The van der Waals surface area contributed by atoms with Gasteiger partial charge in [0, 0.05) is 11.9 Å². The van der Waals surface area contributed by atoms with Crippen LogP contribution in [0.5, 0.6) is 0 Å². The number of hydrogen-bond acceptors (Lipinski definition) is 5. The molecule has 0 saturated heterocycles. The second-order valence-corrected chi connectivity index (χ2v) is 9.57. The molecule has 202 valence electrons. The van der Waals surface area contributed by atoms with Crippen LogP contribution in [-0.2, 0) is 19.6 Å². The normalized spacial score (nSPS) is 11.2. The fourth-order valence-corrected chi connectivity index (χ4v) is 4.35. The lowest BCUT2D eigenvalue weighted by Gasteiger charge is -2.18. The number of nitrogens with one attached hydrogen (secondary N) is 2. The van der Waals surface area contributed by atoms with Crippen LogP contribution in [0.4, 0.5) is 24.7 Å². The number of aromatic nitrogens is 1. The molecule has 8 nitrogen and oxygen atoms in total. The lowest BCUT2D eigenvalue weighted by Crippen LogP contribution is -2.22. The van der Waals surface area contributed by atoms with Gasteiger partial charge in [-0.25, -0.2) is 18.2 Å². The summed E-state index contributed by atoms with van der Waals surface area (Å²) in [7, 11) is -3.79. The van der Waals surface area contributed by atoms with Crippen LogP contribution in [0.25, 0.3) is 0 Å². The molecule has 3 N–H and O–H groups in total. The predicted octanol–water partition coefficient (Wildman–Crippen LogP) is 5.29. The first-order valence-corrected chi connectivity index (χ1v) is 12.7. The number of rotatable bonds is 7. The highest BCUT2D eigenvalue weighted by Gasteiger charge is 2.38. The fraction of sp³-hybridized carbons (Fsp3) is 0.0741. The molecule has 0 unspecified atom stereocenters. The summed E-state index contributed by atoms with van der Waals surface area (Å²) in [5.74, 6) is -3.22. The van der Waals surface area contributed by atoms with Gasteiger partial charge in [-0.05, 0) is 47.5 Å². The molecular weight excluding hydrogens is 535 g/mol. The minimum absolute atomic E-state index is 0.0730. The van der Waals surface area contributed by atoms with E-state index in [-0.39, 0.29) is 16.6 Å². The first-order valence-electron chi connectivity index (χ1n) is 11.2. The number of aliphatic carboxylic acids is 1. The summed E-state index contributed by atoms with van der Waals surface area (Å²) in [6.45, 7) is 0. The molecule has 3 aromatic carbocycles. The van der Waals surface area contributed by atoms with Crippen molar-refractivity contribution in [3.8, 4) is 0 Å². The highest BCUT2D eigenvalue weighted by Crippen LogP contribution is 2.27. The molecule has 4 rings (SSSR count). The first kappa shape index (κ1) is 28.9. The molecule has 0 spiro atoms. The maximum atomic E-state index is 13.2. The lowest BCUT2D eigenvalue weighted by atomic mass is 9.90. The Labute approximate surface area is 222 Å². The number of carboxylic acid groups (broad SMARTS) is 1. The van der Waals surface area contributed by atoms with Crippen molar-refractivity contribution in [2.75, 3.05) is 10.0 Å². The minimum Gasteiger partial charge on any atom is -0.475 e. The number of carbonyl (C=O) groups excluding carboxylic acids is 1. The molecule has 12 heteroatoms. The topological polar surface area (TPSA) is 125 Å². The van der Waals surface area contributed by atoms with E-state index >= 15 is 0 Å². The number of carbonyl (C=O) groups is 2. The second-order valence-electron chi connectivity index (χ2n) is 7.89. The van der Waals surface area contributed by atoms with Crippen molar-refractivity contribution in [1.82, 2.24) is 4.98 Å². The highest BCUT2D eigenvalue weighted by atomic mass is 32.2. The van der Waals surface area contributed by atoms with E-state index < -0.39 is 28.1 Å². The van der Waals surface area contributed by atoms with Crippen LogP contribution in [0.1, 0.15) is 17.0 Å². The van der Waals surface area contributed by atoms with Gasteiger partial charge in [0.2, 0.25) is 5.91 Å². The van der Waals surface area contributed by atoms with Gasteiger partial charge in [0.25, 0.3) is 10.0 Å². The van der Waals surface area contributed by atoms with Crippen LogP contribution < -0.4 is 10.0 Å². The maximum Gasteiger partial charge on any atom is 0.490 e. The third-order valence-electron chi connectivity index (χ3n) is 5.11. The SMILES string of the molecule is O=C(Nc1ccc(S(=O)(=O)Nc2ccccn2)cc1)C(c1ccccc1)c1ccccc1.O=C(O)C(F)(F)F. The Bertz CT molecular complexity index is 1450. The van der Waals surface area contributed by atoms with Crippen molar-refractivity contribution < 1.29 is 36.3 Å². The van der Waals surface area contributed by atoms with Gasteiger partial charge in [-0.2, -0.15) is 13.2 Å². The van der Waals surface area contributed by atoms with E-state index in [9.17, 15) is 26.4 Å². The Morgan fingerprint density at radius 3 is 1.69 bits per heavy atom. The predicted molar refractivity (Wildman–Crippen MR) is 139 cm³/mol. The van der Waals surface area contributed by atoms with Crippen molar-refractivity contribution in [2.24, 2.45) is 0 Å². The summed E-state index contributed by atoms with van der Waals surface area (Å²) in [6.07, 6.45) is -3.58. The number of anilines is 2. The minimum atomic E-state index is -5.08. The van der Waals surface area contributed by atoms with E-state index in [0.717, 1.165) is 11.1 Å². The number of amides is 1. The quantitative estimate of drug-likeness (QED) is 0.284. The molecule has 0 aliphatic carbocycles. The number of nitrogens with zero attached hydrogens (tertiary/aromatic N) is 1. The van der Waals surface area contributed by atoms with Crippen LogP contribution in [0.3, 0.4) is 0 Å². The van der Waals surface area contributed by atoms with Gasteiger partial charge in [0.1, 0.15) is 5.82 Å². The molecule has 4 aromatic rings. The molecular formula is C27H22F3N3O5S. The van der Waals surface area contributed by atoms with Gasteiger partial charge in [-0.3, -0.25) is 9.52 Å². The molecule has 0 aliphatic rings. The first-order chi connectivity index (χ1) is 18.5. The van der Waals surface area contributed by atoms with Gasteiger partial charge in [-0.15, -0.1) is 0 Å². The second kappa shape index (κ2) is 12.7. The zero-order chi connectivity index (χ0) is 28.5. The summed E-state index contributed by atoms with van der Waals surface area (Å²) < 4.78 is 59.3. The highest BCUT2D eigenvalue weighted by molar-refractivity contribution is 7.92. The van der Waals surface area contributed by atoms with Gasteiger partial charge in [0.05, 0.1) is 10.8 Å². The number of sulfonamides is 1. The Balaban J connectivity index is 0.000000532. The number of hydrogen-bond donors (Lipinski definition) is 3. The van der Waals surface area contributed by atoms with E-state index in [1.54, 1.807) is 30.3 Å². The summed E-state index contributed by atoms with van der Waals surface area (Å²) in [5.41, 5.74) is 2.24. The van der Waals surface area contributed by atoms with Gasteiger partial charge in [-0.1, -0.05) is 66.7 Å². The average Bonchev–Trinajstić information content (AvgIpc) is 2.90. The third-order valence-corrected chi connectivity index (χ3v) is 6.48. The molecule has 0 bridgehead atoms. The van der Waals surface area contributed by atoms with E-state index in [4.69, 9.17) is 9.90 Å². The molecule has 0 saturated carbocycles. The Hall–Kier alpha value is -4.71. The Kier molecular flexibility index (Phi) is 9.39. The molecule has 39 heavy (non-hydrogen) atoms. The van der Waals surface area contributed by atoms with E-state index in [0.29, 0.717) is 5.69 Å². The van der Waals surface area contributed by atoms with E-state index in [1.807, 2.05) is 60.7 Å². The van der Waals surface area contributed by atoms with Crippen molar-refractivity contribution in [2.45, 2.75) is 17.0 Å². The van der Waals surface area contributed by atoms with E-state index in [1.165, 1.54) is 18.3 Å². The van der Waals surface area contributed by atoms with Crippen LogP contribution in [0.15, 0.2) is 114 Å². The fourth-order valence-electron chi connectivity index (χ4n) is 3.34. The van der Waals surface area contributed by atoms with Crippen LogP contribution in [0, 0.1) is 0 Å². The number of alkyl halides is 3. The van der Waals surface area contributed by atoms with Gasteiger partial charge < -0.3 is 10.4 Å². The van der Waals surface area contributed by atoms with E-state index in [2.05, 4.69) is 15.0 Å². The number of pyridine rings is 1. The lowest BCUT2D eigenvalue weighted by molar-refractivity contribution is -0.192. The van der Waals surface area contributed by atoms with Crippen LogP contribution >= 0.6 is 0 Å². The maximum absolute atomic E-state index is 13.2. The molecule has 1 amide bonds. The van der Waals surface area contributed by atoms with Crippen LogP contribution in [-0.4, -0.2) is 36.6 Å². The molecule has 0 fully saturated rings. The number of carboxylic acids is 1. The van der Waals surface area contributed by atoms with Crippen molar-refractivity contribution in [3.63, 3.8) is 0 Å². The summed E-state index contributed by atoms with van der Waals surface area (Å²) in [6, 6.07) is 30.0. The Morgan fingerprint density at radius 1 is 0.769 bits per heavy atom. The van der Waals surface area contributed by atoms with Crippen molar-refractivity contribution in [3.05, 3.63) is 120 Å². The zero-order valence-corrected chi connectivity index (χ0v) is 20.9. The molecule has 0 atom stereocenters. The molecule has 0 radical (unpaired) electrons. The van der Waals surface area contributed by atoms with Crippen molar-refractivity contribution in [1.29, 1.82) is 0 Å². The summed E-state index contributed by atoms with van der Waals surface area (Å²) in [5, 5.41) is 10.0. The molecule has 1 heterocycles.